The van der Waals surface area contributed by atoms with Gasteiger partial charge in [-0.05, 0) is 18.6 Å². The number of halogens is 5. The second-order valence-electron chi connectivity index (χ2n) is 5.58. The zero-order valence-corrected chi connectivity index (χ0v) is 16.5. The number of hydrogen-bond acceptors (Lipinski definition) is 2. The van der Waals surface area contributed by atoms with Crippen molar-refractivity contribution in [1.29, 1.82) is 0 Å². The molecule has 0 aromatic heterocycles. The predicted molar refractivity (Wildman–Crippen MR) is 99.9 cm³/mol. The van der Waals surface area contributed by atoms with Gasteiger partial charge >= 0.3 is 0 Å². The van der Waals surface area contributed by atoms with Crippen molar-refractivity contribution in [2.24, 2.45) is 0 Å². The van der Waals surface area contributed by atoms with Crippen LogP contribution in [0.5, 0.6) is 0 Å². The van der Waals surface area contributed by atoms with Crippen LogP contribution in [0.3, 0.4) is 0 Å². The highest BCUT2D eigenvalue weighted by Crippen LogP contribution is 2.32. The summed E-state index contributed by atoms with van der Waals surface area (Å²) in [5.74, 6) is -0.885. The molecule has 0 spiro atoms. The molecule has 7 heteroatoms. The summed E-state index contributed by atoms with van der Waals surface area (Å²) in [7, 11) is 0. The van der Waals surface area contributed by atoms with Gasteiger partial charge in [0.2, 0.25) is 0 Å². The van der Waals surface area contributed by atoms with Gasteiger partial charge in [0.25, 0.3) is 0 Å². The van der Waals surface area contributed by atoms with Gasteiger partial charge in [-0.3, -0.25) is 4.90 Å². The van der Waals surface area contributed by atoms with Gasteiger partial charge in [0.15, 0.2) is 0 Å². The number of hydrogen-bond donors (Lipinski definition) is 1. The summed E-state index contributed by atoms with van der Waals surface area (Å²) in [5.41, 5.74) is 0.233. The Hall–Kier alpha value is 0.0600. The van der Waals surface area contributed by atoms with Crippen LogP contribution in [0.2, 0.25) is 0 Å². The van der Waals surface area contributed by atoms with E-state index in [2.05, 4.69) is 33.1 Å². The minimum absolute atomic E-state index is 0. The number of benzene rings is 1. The van der Waals surface area contributed by atoms with Crippen molar-refractivity contribution in [1.82, 2.24) is 10.2 Å². The second-order valence-corrected chi connectivity index (χ2v) is 6.50. The molecule has 1 atom stereocenters. The SMILES string of the molecule is CCCCC[C@@H](c1c(F)cc(Br)cc1F)N1CCNCC1.Cl.Cl. The van der Waals surface area contributed by atoms with Gasteiger partial charge in [-0.25, -0.2) is 8.78 Å². The normalized spacial score (nSPS) is 16.3. The molecule has 1 aliphatic rings. The highest BCUT2D eigenvalue weighted by molar-refractivity contribution is 9.10. The minimum atomic E-state index is -0.443. The maximum Gasteiger partial charge on any atom is 0.132 e. The third-order valence-electron chi connectivity index (χ3n) is 4.05. The van der Waals surface area contributed by atoms with Gasteiger partial charge in [-0.15, -0.1) is 24.8 Å². The molecular formula is C16H25BrCl2F2N2. The Morgan fingerprint density at radius 3 is 2.22 bits per heavy atom. The largest absolute Gasteiger partial charge is 0.314 e. The minimum Gasteiger partial charge on any atom is -0.314 e. The number of nitrogens with zero attached hydrogens (tertiary/aromatic N) is 1. The zero-order chi connectivity index (χ0) is 15.2. The fourth-order valence-corrected chi connectivity index (χ4v) is 3.36. The van der Waals surface area contributed by atoms with Gasteiger partial charge < -0.3 is 5.32 Å². The van der Waals surface area contributed by atoms with Crippen molar-refractivity contribution in [3.05, 3.63) is 33.8 Å². The fourth-order valence-electron chi connectivity index (χ4n) is 2.96. The van der Waals surface area contributed by atoms with E-state index >= 15 is 0 Å². The third kappa shape index (κ3) is 6.46. The van der Waals surface area contributed by atoms with Crippen molar-refractivity contribution >= 4 is 40.7 Å². The average molecular weight is 434 g/mol. The van der Waals surface area contributed by atoms with E-state index in [-0.39, 0.29) is 36.4 Å². The summed E-state index contributed by atoms with van der Waals surface area (Å²) in [6.07, 6.45) is 4.02. The first-order valence-electron chi connectivity index (χ1n) is 7.72. The Morgan fingerprint density at radius 1 is 1.13 bits per heavy atom. The van der Waals surface area contributed by atoms with E-state index in [0.717, 1.165) is 51.9 Å². The van der Waals surface area contributed by atoms with E-state index in [1.54, 1.807) is 0 Å². The quantitative estimate of drug-likeness (QED) is 0.628. The summed E-state index contributed by atoms with van der Waals surface area (Å²) in [5, 5.41) is 3.29. The lowest BCUT2D eigenvalue weighted by Gasteiger charge is -2.35. The molecule has 1 fully saturated rings. The molecule has 0 amide bonds. The molecule has 134 valence electrons. The Kier molecular flexibility index (Phi) is 11.6. The van der Waals surface area contributed by atoms with Crippen molar-refractivity contribution in [3.8, 4) is 0 Å². The van der Waals surface area contributed by atoms with Crippen LogP contribution in [0.15, 0.2) is 16.6 Å². The monoisotopic (exact) mass is 432 g/mol. The van der Waals surface area contributed by atoms with E-state index in [9.17, 15) is 8.78 Å². The molecule has 0 aliphatic carbocycles. The summed E-state index contributed by atoms with van der Waals surface area (Å²) in [4.78, 5) is 2.21. The molecule has 0 bridgehead atoms. The van der Waals surface area contributed by atoms with Crippen molar-refractivity contribution in [3.63, 3.8) is 0 Å². The first-order chi connectivity index (χ1) is 10.1. The fraction of sp³-hybridized carbons (Fsp3) is 0.625. The predicted octanol–water partition coefficient (Wildman–Crippen LogP) is 5.10. The highest BCUT2D eigenvalue weighted by atomic mass is 79.9. The van der Waals surface area contributed by atoms with Crippen LogP contribution >= 0.6 is 40.7 Å². The first-order valence-corrected chi connectivity index (χ1v) is 8.52. The molecule has 1 aliphatic heterocycles. The van der Waals surface area contributed by atoms with Gasteiger partial charge in [-0.2, -0.15) is 0 Å². The topological polar surface area (TPSA) is 15.3 Å². The molecule has 2 rings (SSSR count). The van der Waals surface area contributed by atoms with Crippen LogP contribution in [0.1, 0.15) is 44.2 Å². The van der Waals surface area contributed by atoms with E-state index in [4.69, 9.17) is 0 Å². The molecule has 1 aromatic carbocycles. The lowest BCUT2D eigenvalue weighted by Crippen LogP contribution is -2.45. The standard InChI is InChI=1S/C16H23BrF2N2.2ClH/c1-2-3-4-5-15(21-8-6-20-7-9-21)16-13(18)10-12(17)11-14(16)19;;/h10-11,15,20H,2-9H2,1H3;2*1H/t15-;;/m0../s1. The molecule has 2 nitrogen and oxygen atoms in total. The highest BCUT2D eigenvalue weighted by Gasteiger charge is 2.27. The van der Waals surface area contributed by atoms with E-state index < -0.39 is 11.6 Å². The molecule has 1 aromatic rings. The smallest absolute Gasteiger partial charge is 0.132 e. The van der Waals surface area contributed by atoms with Gasteiger partial charge in [0.1, 0.15) is 11.6 Å². The third-order valence-corrected chi connectivity index (χ3v) is 4.51. The van der Waals surface area contributed by atoms with Crippen LogP contribution in [-0.4, -0.2) is 31.1 Å². The Balaban J connectivity index is 0.00000242. The van der Waals surface area contributed by atoms with Gasteiger partial charge in [0, 0.05) is 42.3 Å². The molecule has 1 N–H and O–H groups in total. The molecule has 0 saturated carbocycles. The maximum absolute atomic E-state index is 14.3. The van der Waals surface area contributed by atoms with Crippen LogP contribution in [0.25, 0.3) is 0 Å². The molecule has 1 heterocycles. The van der Waals surface area contributed by atoms with Crippen molar-refractivity contribution in [2.75, 3.05) is 26.2 Å². The average Bonchev–Trinajstić information content (AvgIpc) is 2.45. The lowest BCUT2D eigenvalue weighted by atomic mass is 9.97. The molecule has 23 heavy (non-hydrogen) atoms. The first kappa shape index (κ1) is 23.1. The maximum atomic E-state index is 14.3. The zero-order valence-electron chi connectivity index (χ0n) is 13.3. The Morgan fingerprint density at radius 2 is 1.70 bits per heavy atom. The Labute approximate surface area is 158 Å². The number of unbranched alkanes of at least 4 members (excludes halogenated alkanes) is 2. The summed E-state index contributed by atoms with van der Waals surface area (Å²) < 4.78 is 29.1. The van der Waals surface area contributed by atoms with Crippen LogP contribution in [0, 0.1) is 11.6 Å². The molecular weight excluding hydrogens is 409 g/mol. The summed E-state index contributed by atoms with van der Waals surface area (Å²) in [6, 6.07) is 2.58. The number of piperazine rings is 1. The van der Waals surface area contributed by atoms with Gasteiger partial charge in [0.05, 0.1) is 0 Å². The summed E-state index contributed by atoms with van der Waals surface area (Å²) >= 11 is 3.15. The van der Waals surface area contributed by atoms with Crippen molar-refractivity contribution in [2.45, 2.75) is 38.6 Å². The van der Waals surface area contributed by atoms with E-state index in [1.807, 2.05) is 0 Å². The molecule has 1 saturated heterocycles. The lowest BCUT2D eigenvalue weighted by molar-refractivity contribution is 0.156. The summed E-state index contributed by atoms with van der Waals surface area (Å²) in [6.45, 7) is 5.58. The Bertz CT molecular complexity index is 448. The van der Waals surface area contributed by atoms with Crippen LogP contribution < -0.4 is 5.32 Å². The molecule has 0 radical (unpaired) electrons. The molecule has 0 unspecified atom stereocenters. The van der Waals surface area contributed by atoms with Crippen molar-refractivity contribution < 1.29 is 8.78 Å². The van der Waals surface area contributed by atoms with E-state index in [0.29, 0.717) is 4.47 Å². The number of nitrogens with one attached hydrogen (secondary N) is 1. The number of rotatable bonds is 6. The van der Waals surface area contributed by atoms with Crippen LogP contribution in [0.4, 0.5) is 8.78 Å². The van der Waals surface area contributed by atoms with Gasteiger partial charge in [-0.1, -0.05) is 42.1 Å². The second kappa shape index (κ2) is 11.6. The van der Waals surface area contributed by atoms with E-state index in [1.165, 1.54) is 12.1 Å². The van der Waals surface area contributed by atoms with Crippen LogP contribution in [-0.2, 0) is 0 Å².